The Bertz CT molecular complexity index is 1440. The van der Waals surface area contributed by atoms with Crippen LogP contribution in [0.3, 0.4) is 0 Å². The molecular weight excluding hydrogens is 534 g/mol. The number of halogens is 2. The largest absolute Gasteiger partial charge is 0.376 e. The first-order chi connectivity index (χ1) is 18.7. The molecule has 4 heterocycles. The number of sulfonamides is 1. The molecule has 2 N–H and O–H groups in total. The van der Waals surface area contributed by atoms with E-state index in [2.05, 4.69) is 30.5 Å². The van der Waals surface area contributed by atoms with Gasteiger partial charge in [-0.05, 0) is 44.6 Å². The number of ether oxygens (including phenoxy) is 1. The fourth-order valence-electron chi connectivity index (χ4n) is 5.41. The Labute approximate surface area is 224 Å². The van der Waals surface area contributed by atoms with Crippen molar-refractivity contribution < 1.29 is 21.9 Å². The van der Waals surface area contributed by atoms with Gasteiger partial charge < -0.3 is 10.1 Å². The van der Waals surface area contributed by atoms with E-state index in [1.807, 2.05) is 0 Å². The highest BCUT2D eigenvalue weighted by Crippen LogP contribution is 2.34. The number of pyridine rings is 1. The molecule has 39 heavy (non-hydrogen) atoms. The number of anilines is 1. The minimum atomic E-state index is -3.25. The van der Waals surface area contributed by atoms with Gasteiger partial charge >= 0.3 is 0 Å². The van der Waals surface area contributed by atoms with E-state index in [9.17, 15) is 22.0 Å². The molecule has 2 fully saturated rings. The maximum absolute atomic E-state index is 13.8. The number of fused-ring (bicyclic) bond motifs is 1. The number of alkyl halides is 2. The number of aromatic nitrogens is 6. The third kappa shape index (κ3) is 6.25. The van der Waals surface area contributed by atoms with Gasteiger partial charge in [0.2, 0.25) is 16.0 Å². The third-order valence-corrected chi connectivity index (χ3v) is 8.70. The lowest BCUT2D eigenvalue weighted by Crippen LogP contribution is -2.42. The zero-order valence-corrected chi connectivity index (χ0v) is 22.4. The monoisotopic (exact) mass is 566 g/mol. The minimum Gasteiger partial charge on any atom is -0.376 e. The number of piperidine rings is 1. The Morgan fingerprint density at radius 1 is 1.21 bits per heavy atom. The summed E-state index contributed by atoms with van der Waals surface area (Å²) in [6.07, 6.45) is 5.41. The van der Waals surface area contributed by atoms with Crippen molar-refractivity contribution >= 4 is 27.0 Å². The Balaban J connectivity index is 1.38. The van der Waals surface area contributed by atoms with Crippen LogP contribution in [0.5, 0.6) is 0 Å². The summed E-state index contributed by atoms with van der Waals surface area (Å²) in [6.45, 7) is 1.19. The predicted octanol–water partition coefficient (Wildman–Crippen LogP) is 2.43. The standard InChI is InChI=1S/C24H32F2N8O4S/c1-39(36,37)33-9-7-16(8-10-33)30-24-27-13-15-12-17(21(25)26)23(35)34(22(15)31-24)18-4-2-5-19(18)38-11-3-6-20-28-14-29-32-20/h12-14,16,18-19,21H,2-11H2,1H3,(H,27,30,31)(H,28,29,32)/t18-,19-/m0/s1. The van der Waals surface area contributed by atoms with Crippen molar-refractivity contribution in [2.45, 2.75) is 69.6 Å². The summed E-state index contributed by atoms with van der Waals surface area (Å²) in [6, 6.07) is 0.660. The van der Waals surface area contributed by atoms with Gasteiger partial charge in [0.05, 0.1) is 24.0 Å². The Hall–Kier alpha value is -3.04. The Morgan fingerprint density at radius 2 is 2.00 bits per heavy atom. The highest BCUT2D eigenvalue weighted by atomic mass is 32.2. The molecule has 5 rings (SSSR count). The zero-order chi connectivity index (χ0) is 27.6. The first-order valence-corrected chi connectivity index (χ1v) is 14.9. The van der Waals surface area contributed by atoms with E-state index in [0.29, 0.717) is 63.6 Å². The van der Waals surface area contributed by atoms with Gasteiger partial charge in [-0.1, -0.05) is 0 Å². The smallest absolute Gasteiger partial charge is 0.269 e. The van der Waals surface area contributed by atoms with E-state index in [1.165, 1.54) is 27.7 Å². The fourth-order valence-corrected chi connectivity index (χ4v) is 6.29. The van der Waals surface area contributed by atoms with E-state index in [-0.39, 0.29) is 23.7 Å². The summed E-state index contributed by atoms with van der Waals surface area (Å²) < 4.78 is 60.3. The summed E-state index contributed by atoms with van der Waals surface area (Å²) in [5, 5.41) is 10.2. The summed E-state index contributed by atoms with van der Waals surface area (Å²) in [7, 11) is -3.25. The molecule has 2 atom stereocenters. The van der Waals surface area contributed by atoms with Gasteiger partial charge in [0.25, 0.3) is 12.0 Å². The number of hydrogen-bond acceptors (Lipinski definition) is 9. The van der Waals surface area contributed by atoms with Crippen LogP contribution in [0.1, 0.15) is 62.4 Å². The fraction of sp³-hybridized carbons (Fsp3) is 0.625. The van der Waals surface area contributed by atoms with Crippen molar-refractivity contribution in [3.05, 3.63) is 40.3 Å². The molecule has 0 unspecified atom stereocenters. The van der Waals surface area contributed by atoms with Crippen LogP contribution in [0.4, 0.5) is 14.7 Å². The van der Waals surface area contributed by atoms with Crippen LogP contribution in [0.15, 0.2) is 23.4 Å². The van der Waals surface area contributed by atoms with Crippen molar-refractivity contribution in [3.8, 4) is 0 Å². The normalized spacial score (nSPS) is 21.2. The topological polar surface area (TPSA) is 148 Å². The number of nitrogens with one attached hydrogen (secondary N) is 2. The van der Waals surface area contributed by atoms with Gasteiger partial charge in [-0.25, -0.2) is 31.5 Å². The average Bonchev–Trinajstić information content (AvgIpc) is 3.58. The lowest BCUT2D eigenvalue weighted by Gasteiger charge is -2.30. The van der Waals surface area contributed by atoms with Crippen molar-refractivity contribution in [2.24, 2.45) is 0 Å². The molecule has 0 bridgehead atoms. The maximum Gasteiger partial charge on any atom is 0.269 e. The van der Waals surface area contributed by atoms with Crippen LogP contribution in [0, 0.1) is 0 Å². The molecule has 1 saturated carbocycles. The molecule has 1 aliphatic carbocycles. The van der Waals surface area contributed by atoms with Crippen LogP contribution >= 0.6 is 0 Å². The van der Waals surface area contributed by atoms with Gasteiger partial charge in [0.1, 0.15) is 17.8 Å². The van der Waals surface area contributed by atoms with E-state index in [4.69, 9.17) is 4.74 Å². The number of aromatic amines is 1. The lowest BCUT2D eigenvalue weighted by atomic mass is 10.1. The number of nitrogens with zero attached hydrogens (tertiary/aromatic N) is 6. The van der Waals surface area contributed by atoms with Gasteiger partial charge in [-0.3, -0.25) is 14.5 Å². The summed E-state index contributed by atoms with van der Waals surface area (Å²) >= 11 is 0. The van der Waals surface area contributed by atoms with E-state index < -0.39 is 33.6 Å². The number of hydrogen-bond donors (Lipinski definition) is 2. The van der Waals surface area contributed by atoms with E-state index in [0.717, 1.165) is 18.3 Å². The molecule has 1 saturated heterocycles. The van der Waals surface area contributed by atoms with Gasteiger partial charge in [0.15, 0.2) is 0 Å². The predicted molar refractivity (Wildman–Crippen MR) is 139 cm³/mol. The molecule has 0 amide bonds. The third-order valence-electron chi connectivity index (χ3n) is 7.40. The lowest BCUT2D eigenvalue weighted by molar-refractivity contribution is 0.0296. The van der Waals surface area contributed by atoms with Crippen LogP contribution in [-0.4, -0.2) is 80.5 Å². The average molecular weight is 567 g/mol. The van der Waals surface area contributed by atoms with Crippen LogP contribution in [0.2, 0.25) is 0 Å². The second-order valence-electron chi connectivity index (χ2n) is 10.1. The molecule has 0 spiro atoms. The first-order valence-electron chi connectivity index (χ1n) is 13.1. The molecule has 2 aliphatic rings. The Morgan fingerprint density at radius 3 is 2.69 bits per heavy atom. The molecule has 0 aromatic carbocycles. The van der Waals surface area contributed by atoms with Gasteiger partial charge in [0, 0.05) is 43.7 Å². The quantitative estimate of drug-likeness (QED) is 0.353. The summed E-state index contributed by atoms with van der Waals surface area (Å²) in [5.74, 6) is 1.02. The van der Waals surface area contributed by atoms with Crippen LogP contribution in [0.25, 0.3) is 11.0 Å². The molecular formula is C24H32F2N8O4S. The maximum atomic E-state index is 13.8. The highest BCUT2D eigenvalue weighted by Gasteiger charge is 2.33. The van der Waals surface area contributed by atoms with Crippen molar-refractivity contribution in [2.75, 3.05) is 31.3 Å². The number of H-pyrrole nitrogens is 1. The minimum absolute atomic E-state index is 0.0621. The molecule has 212 valence electrons. The molecule has 3 aromatic heterocycles. The summed E-state index contributed by atoms with van der Waals surface area (Å²) in [4.78, 5) is 26.3. The van der Waals surface area contributed by atoms with Gasteiger partial charge in [-0.15, -0.1) is 0 Å². The molecule has 15 heteroatoms. The van der Waals surface area contributed by atoms with Crippen LogP contribution < -0.4 is 10.9 Å². The second-order valence-corrected chi connectivity index (χ2v) is 12.1. The van der Waals surface area contributed by atoms with Crippen molar-refractivity contribution in [3.63, 3.8) is 0 Å². The van der Waals surface area contributed by atoms with E-state index in [1.54, 1.807) is 0 Å². The molecule has 12 nitrogen and oxygen atoms in total. The van der Waals surface area contributed by atoms with E-state index >= 15 is 0 Å². The van der Waals surface area contributed by atoms with Crippen molar-refractivity contribution in [1.82, 2.24) is 34.0 Å². The highest BCUT2D eigenvalue weighted by molar-refractivity contribution is 7.88. The van der Waals surface area contributed by atoms with Crippen LogP contribution in [-0.2, 0) is 21.2 Å². The Kier molecular flexibility index (Phi) is 8.19. The number of rotatable bonds is 10. The SMILES string of the molecule is CS(=O)(=O)N1CCC(Nc2ncc3cc(C(F)F)c(=O)n([C@H]4CCC[C@@H]4OCCCc4ncn[nH]4)c3n2)CC1. The molecule has 3 aromatic rings. The van der Waals surface area contributed by atoms with Gasteiger partial charge in [-0.2, -0.15) is 10.1 Å². The van der Waals surface area contributed by atoms with Crippen molar-refractivity contribution in [1.29, 1.82) is 0 Å². The molecule has 1 aliphatic heterocycles. The summed E-state index contributed by atoms with van der Waals surface area (Å²) in [5.41, 5.74) is -1.08. The zero-order valence-electron chi connectivity index (χ0n) is 21.6. The molecule has 0 radical (unpaired) electrons. The first kappa shape index (κ1) is 27.5. The second kappa shape index (κ2) is 11.6. The number of aryl methyl sites for hydroxylation is 1.